The number of H-pyrrole nitrogens is 1. The van der Waals surface area contributed by atoms with Gasteiger partial charge in [-0.05, 0) is 61.7 Å². The summed E-state index contributed by atoms with van der Waals surface area (Å²) in [6.45, 7) is 7.07. The number of ether oxygens (including phenoxy) is 1. The van der Waals surface area contributed by atoms with Gasteiger partial charge in [0.15, 0.2) is 0 Å². The summed E-state index contributed by atoms with van der Waals surface area (Å²) in [7, 11) is 0. The molecule has 30 heavy (non-hydrogen) atoms. The maximum atomic E-state index is 12.1. The number of carboxylic acid groups (broad SMARTS) is 2. The first kappa shape index (κ1) is 20.0. The summed E-state index contributed by atoms with van der Waals surface area (Å²) in [5, 5.41) is 20.2. The molecule has 0 amide bonds. The van der Waals surface area contributed by atoms with Gasteiger partial charge in [-0.3, -0.25) is 0 Å². The van der Waals surface area contributed by atoms with E-state index in [2.05, 4.69) is 9.88 Å². The van der Waals surface area contributed by atoms with Gasteiger partial charge in [0.05, 0.1) is 34.5 Å². The summed E-state index contributed by atoms with van der Waals surface area (Å²) in [4.78, 5) is 29.1. The number of nitrogens with one attached hydrogen (secondary N) is 1. The Morgan fingerprint density at radius 3 is 2.40 bits per heavy atom. The Morgan fingerprint density at radius 1 is 1.07 bits per heavy atom. The second kappa shape index (κ2) is 7.50. The third-order valence-corrected chi connectivity index (χ3v) is 5.62. The van der Waals surface area contributed by atoms with Gasteiger partial charge in [-0.1, -0.05) is 6.07 Å². The smallest absolute Gasteiger partial charge is 0.336 e. The monoisotopic (exact) mass is 408 g/mol. The van der Waals surface area contributed by atoms with Crippen molar-refractivity contribution in [1.82, 2.24) is 4.98 Å². The first-order chi connectivity index (χ1) is 14.3. The number of nitrogens with zero attached hydrogens (tertiary/aromatic N) is 1. The molecule has 2 unspecified atom stereocenters. The molecule has 2 aromatic carbocycles. The van der Waals surface area contributed by atoms with Crippen LogP contribution in [0.1, 0.15) is 40.1 Å². The lowest BCUT2D eigenvalue weighted by Gasteiger charge is -2.37. The summed E-state index contributed by atoms with van der Waals surface area (Å²) in [5.74, 6) is -2.28. The zero-order valence-electron chi connectivity index (χ0n) is 17.1. The number of rotatable bonds is 4. The average molecular weight is 408 g/mol. The van der Waals surface area contributed by atoms with E-state index >= 15 is 0 Å². The Balaban J connectivity index is 1.92. The molecule has 7 heteroatoms. The standard InChI is InChI=1S/C23H24N2O5/c1-12-10-25(11-13(2)30-12)19-9-16(8-15-6-7-24-21(15)19)18-5-4-17(22(26)27)14(3)20(18)23(28)29/h4-9,12-13,24H,10-11H2,1-3H3,(H,26,27)(H,28,29). The van der Waals surface area contributed by atoms with Crippen molar-refractivity contribution in [2.24, 2.45) is 0 Å². The van der Waals surface area contributed by atoms with Gasteiger partial charge in [0, 0.05) is 24.7 Å². The predicted octanol–water partition coefficient (Wildman–Crippen LogP) is 4.15. The number of carbonyl (C=O) groups is 2. The van der Waals surface area contributed by atoms with Crippen LogP contribution in [-0.4, -0.2) is 52.4 Å². The van der Waals surface area contributed by atoms with Crippen molar-refractivity contribution in [3.05, 3.63) is 53.2 Å². The molecule has 3 N–H and O–H groups in total. The summed E-state index contributed by atoms with van der Waals surface area (Å²) >= 11 is 0. The van der Waals surface area contributed by atoms with Crippen LogP contribution >= 0.6 is 0 Å². The molecule has 0 aliphatic carbocycles. The van der Waals surface area contributed by atoms with E-state index in [1.165, 1.54) is 13.0 Å². The van der Waals surface area contributed by atoms with Gasteiger partial charge in [-0.25, -0.2) is 9.59 Å². The molecule has 0 saturated carbocycles. The minimum absolute atomic E-state index is 0.00470. The van der Waals surface area contributed by atoms with Crippen molar-refractivity contribution in [2.75, 3.05) is 18.0 Å². The Morgan fingerprint density at radius 2 is 1.77 bits per heavy atom. The number of aromatic nitrogens is 1. The van der Waals surface area contributed by atoms with E-state index < -0.39 is 11.9 Å². The molecule has 0 bridgehead atoms. The molecule has 1 saturated heterocycles. The van der Waals surface area contributed by atoms with Gasteiger partial charge in [0.1, 0.15) is 0 Å². The van der Waals surface area contributed by atoms with Crippen molar-refractivity contribution in [1.29, 1.82) is 0 Å². The molecule has 7 nitrogen and oxygen atoms in total. The zero-order valence-corrected chi connectivity index (χ0v) is 17.1. The molecular weight excluding hydrogens is 384 g/mol. The van der Waals surface area contributed by atoms with E-state index in [0.717, 1.165) is 35.2 Å². The van der Waals surface area contributed by atoms with Gasteiger partial charge in [-0.2, -0.15) is 0 Å². The highest BCUT2D eigenvalue weighted by Crippen LogP contribution is 2.36. The third-order valence-electron chi connectivity index (χ3n) is 5.62. The van der Waals surface area contributed by atoms with Gasteiger partial charge < -0.3 is 24.8 Å². The second-order valence-corrected chi connectivity index (χ2v) is 7.87. The lowest BCUT2D eigenvalue weighted by molar-refractivity contribution is -0.00514. The second-order valence-electron chi connectivity index (χ2n) is 7.87. The third kappa shape index (κ3) is 3.41. The van der Waals surface area contributed by atoms with Gasteiger partial charge in [-0.15, -0.1) is 0 Å². The molecule has 1 aliphatic rings. The highest BCUT2D eigenvalue weighted by Gasteiger charge is 2.26. The van der Waals surface area contributed by atoms with Crippen LogP contribution in [0.15, 0.2) is 36.5 Å². The fraction of sp³-hybridized carbons (Fsp3) is 0.304. The molecule has 3 aromatic rings. The van der Waals surface area contributed by atoms with Gasteiger partial charge >= 0.3 is 11.9 Å². The van der Waals surface area contributed by atoms with Gasteiger partial charge in [0.25, 0.3) is 0 Å². The van der Waals surface area contributed by atoms with Crippen molar-refractivity contribution >= 4 is 28.5 Å². The molecule has 0 spiro atoms. The molecule has 0 radical (unpaired) electrons. The number of hydrogen-bond acceptors (Lipinski definition) is 4. The molecule has 4 rings (SSSR count). The number of aromatic carboxylic acids is 2. The maximum absolute atomic E-state index is 12.1. The quantitative estimate of drug-likeness (QED) is 0.599. The number of anilines is 1. The lowest BCUT2D eigenvalue weighted by Crippen LogP contribution is -2.45. The van der Waals surface area contributed by atoms with E-state index in [0.29, 0.717) is 5.56 Å². The van der Waals surface area contributed by atoms with Crippen LogP contribution in [0.5, 0.6) is 0 Å². The van der Waals surface area contributed by atoms with E-state index in [9.17, 15) is 19.8 Å². The first-order valence-electron chi connectivity index (χ1n) is 9.88. The average Bonchev–Trinajstić information content (AvgIpc) is 3.14. The highest BCUT2D eigenvalue weighted by molar-refractivity contribution is 6.04. The topological polar surface area (TPSA) is 103 Å². The van der Waals surface area contributed by atoms with E-state index in [1.54, 1.807) is 6.07 Å². The Bertz CT molecular complexity index is 1140. The van der Waals surface area contributed by atoms with E-state index in [-0.39, 0.29) is 28.9 Å². The molecule has 1 aromatic heterocycles. The number of carboxylic acids is 2. The fourth-order valence-corrected chi connectivity index (χ4v) is 4.39. The Kier molecular flexibility index (Phi) is 4.99. The van der Waals surface area contributed by atoms with Crippen molar-refractivity contribution < 1.29 is 24.5 Å². The first-order valence-corrected chi connectivity index (χ1v) is 9.88. The number of benzene rings is 2. The summed E-state index contributed by atoms with van der Waals surface area (Å²) in [6.07, 6.45) is 2.02. The zero-order chi connectivity index (χ0) is 21.6. The van der Waals surface area contributed by atoms with Crippen molar-refractivity contribution in [3.63, 3.8) is 0 Å². The number of hydrogen-bond donors (Lipinski definition) is 3. The van der Waals surface area contributed by atoms with Crippen molar-refractivity contribution in [3.8, 4) is 11.1 Å². The Labute approximate surface area is 173 Å². The highest BCUT2D eigenvalue weighted by atomic mass is 16.5. The van der Waals surface area contributed by atoms with Crippen LogP contribution < -0.4 is 4.90 Å². The summed E-state index contributed by atoms with van der Waals surface area (Å²) in [6, 6.07) is 8.92. The van der Waals surface area contributed by atoms with Crippen molar-refractivity contribution in [2.45, 2.75) is 33.0 Å². The minimum Gasteiger partial charge on any atom is -0.478 e. The van der Waals surface area contributed by atoms with Crippen LogP contribution in [0.4, 0.5) is 5.69 Å². The number of morpholine rings is 1. The lowest BCUT2D eigenvalue weighted by atomic mass is 9.91. The van der Waals surface area contributed by atoms with Crippen LogP contribution in [0.25, 0.3) is 22.0 Å². The van der Waals surface area contributed by atoms with Gasteiger partial charge in [0.2, 0.25) is 0 Å². The molecule has 1 aliphatic heterocycles. The molecular formula is C23H24N2O5. The Hall–Kier alpha value is -3.32. The van der Waals surface area contributed by atoms with Crippen LogP contribution in [0.2, 0.25) is 0 Å². The number of aromatic amines is 1. The van der Waals surface area contributed by atoms with E-state index in [4.69, 9.17) is 4.74 Å². The largest absolute Gasteiger partial charge is 0.478 e. The normalized spacial score (nSPS) is 19.2. The predicted molar refractivity (Wildman–Crippen MR) is 115 cm³/mol. The summed E-state index contributed by atoms with van der Waals surface area (Å²) < 4.78 is 5.86. The maximum Gasteiger partial charge on any atom is 0.336 e. The summed E-state index contributed by atoms with van der Waals surface area (Å²) in [5.41, 5.74) is 3.46. The molecule has 156 valence electrons. The van der Waals surface area contributed by atoms with Crippen LogP contribution in [0.3, 0.4) is 0 Å². The molecule has 2 atom stereocenters. The molecule has 2 heterocycles. The number of fused-ring (bicyclic) bond motifs is 1. The van der Waals surface area contributed by atoms with E-state index in [1.807, 2.05) is 38.2 Å². The SMILES string of the molecule is Cc1c(C(=O)O)ccc(-c2cc(N3CC(C)OC(C)C3)c3[nH]ccc3c2)c1C(=O)O. The fourth-order valence-electron chi connectivity index (χ4n) is 4.39. The molecule has 1 fully saturated rings. The van der Waals surface area contributed by atoms with Crippen LogP contribution in [-0.2, 0) is 4.74 Å². The van der Waals surface area contributed by atoms with Crippen LogP contribution in [0, 0.1) is 6.92 Å². The minimum atomic E-state index is -1.14.